The van der Waals surface area contributed by atoms with Gasteiger partial charge in [0, 0.05) is 10.0 Å². The van der Waals surface area contributed by atoms with Crippen LogP contribution in [0.2, 0.25) is 0 Å². The van der Waals surface area contributed by atoms with Gasteiger partial charge >= 0.3 is 0 Å². The maximum Gasteiger partial charge on any atom is 0.282 e. The predicted octanol–water partition coefficient (Wildman–Crippen LogP) is 4.43. The highest BCUT2D eigenvalue weighted by Crippen LogP contribution is 2.32. The van der Waals surface area contributed by atoms with E-state index in [9.17, 15) is 9.90 Å². The lowest BCUT2D eigenvalue weighted by molar-refractivity contribution is 0.355. The Morgan fingerprint density at radius 1 is 1.00 bits per heavy atom. The van der Waals surface area contributed by atoms with Crippen LogP contribution in [0.1, 0.15) is 5.56 Å². The van der Waals surface area contributed by atoms with Crippen molar-refractivity contribution < 1.29 is 14.6 Å². The Morgan fingerprint density at radius 3 is 2.45 bits per heavy atom. The van der Waals surface area contributed by atoms with Crippen LogP contribution in [0, 0.1) is 0 Å². The summed E-state index contributed by atoms with van der Waals surface area (Å²) in [4.78, 5) is 18.0. The van der Waals surface area contributed by atoms with Crippen LogP contribution in [0.4, 0.5) is 0 Å². The molecule has 0 spiro atoms. The number of aromatic nitrogens is 2. The summed E-state index contributed by atoms with van der Waals surface area (Å²) >= 11 is 3.40. The van der Waals surface area contributed by atoms with Gasteiger partial charge in [0.05, 0.1) is 31.3 Å². The second-order valence-electron chi connectivity index (χ2n) is 6.62. The third kappa shape index (κ3) is 4.15. The molecule has 1 N–H and O–H groups in total. The SMILES string of the molecule is COc1ccc(-c2nc3ccc(Br)cc3c(=O)n2N=Cc2ccc(O)cc2)cc1OC. The number of methoxy groups -OCH3 is 2. The first-order valence-electron chi connectivity index (χ1n) is 9.28. The Bertz CT molecular complexity index is 1350. The highest BCUT2D eigenvalue weighted by Gasteiger charge is 2.15. The van der Waals surface area contributed by atoms with E-state index in [1.807, 2.05) is 6.07 Å². The Kier molecular flexibility index (Phi) is 5.73. The average Bonchev–Trinajstić information content (AvgIpc) is 2.79. The van der Waals surface area contributed by atoms with Crippen molar-refractivity contribution in [3.63, 3.8) is 0 Å². The van der Waals surface area contributed by atoms with Gasteiger partial charge in [0.2, 0.25) is 0 Å². The van der Waals surface area contributed by atoms with Crippen LogP contribution in [0.15, 0.2) is 75.0 Å². The topological polar surface area (TPSA) is 85.9 Å². The summed E-state index contributed by atoms with van der Waals surface area (Å²) in [5, 5.41) is 14.3. The number of aromatic hydroxyl groups is 1. The summed E-state index contributed by atoms with van der Waals surface area (Å²) in [7, 11) is 3.10. The Balaban J connectivity index is 1.95. The molecular weight excluding hydrogens is 462 g/mol. The number of hydrogen-bond donors (Lipinski definition) is 1. The van der Waals surface area contributed by atoms with Crippen LogP contribution >= 0.6 is 15.9 Å². The summed E-state index contributed by atoms with van der Waals surface area (Å²) in [5.41, 5.74) is 1.60. The second kappa shape index (κ2) is 8.61. The van der Waals surface area contributed by atoms with Gasteiger partial charge in [-0.05, 0) is 66.2 Å². The van der Waals surface area contributed by atoms with Gasteiger partial charge in [-0.3, -0.25) is 4.79 Å². The minimum Gasteiger partial charge on any atom is -0.508 e. The fourth-order valence-electron chi connectivity index (χ4n) is 3.10. The quantitative estimate of drug-likeness (QED) is 0.427. The van der Waals surface area contributed by atoms with E-state index in [2.05, 4.69) is 21.0 Å². The lowest BCUT2D eigenvalue weighted by atomic mass is 10.1. The highest BCUT2D eigenvalue weighted by molar-refractivity contribution is 9.10. The van der Waals surface area contributed by atoms with Gasteiger partial charge in [-0.2, -0.15) is 9.78 Å². The number of rotatable bonds is 5. The number of fused-ring (bicyclic) bond motifs is 1. The van der Waals surface area contributed by atoms with E-state index in [1.165, 1.54) is 10.9 Å². The Morgan fingerprint density at radius 2 is 1.74 bits per heavy atom. The molecule has 1 aromatic heterocycles. The molecule has 0 amide bonds. The molecule has 4 aromatic rings. The summed E-state index contributed by atoms with van der Waals surface area (Å²) in [6, 6.07) is 17.1. The molecule has 0 atom stereocenters. The first kappa shape index (κ1) is 20.6. The minimum atomic E-state index is -0.314. The van der Waals surface area contributed by atoms with Crippen molar-refractivity contribution in [2.45, 2.75) is 0 Å². The monoisotopic (exact) mass is 479 g/mol. The van der Waals surface area contributed by atoms with E-state index in [1.54, 1.807) is 68.8 Å². The standard InChI is InChI=1S/C23H18BrN3O4/c1-30-20-10-5-15(11-21(20)31-2)22-26-19-9-6-16(24)12-18(19)23(29)27(22)25-13-14-3-7-17(28)8-4-14/h3-13,28H,1-2H3. The molecule has 0 saturated heterocycles. The van der Waals surface area contributed by atoms with Crippen molar-refractivity contribution in [2.24, 2.45) is 5.10 Å². The first-order valence-corrected chi connectivity index (χ1v) is 10.1. The molecule has 4 rings (SSSR count). The molecule has 3 aromatic carbocycles. The number of nitrogens with zero attached hydrogens (tertiary/aromatic N) is 3. The van der Waals surface area contributed by atoms with Crippen LogP contribution in [-0.2, 0) is 0 Å². The summed E-state index contributed by atoms with van der Waals surface area (Å²) in [5.74, 6) is 1.59. The zero-order valence-corrected chi connectivity index (χ0v) is 18.3. The Labute approximate surface area is 186 Å². The van der Waals surface area contributed by atoms with Crippen molar-refractivity contribution in [3.8, 4) is 28.6 Å². The van der Waals surface area contributed by atoms with Crippen molar-refractivity contribution >= 4 is 33.0 Å². The fourth-order valence-corrected chi connectivity index (χ4v) is 3.46. The van der Waals surface area contributed by atoms with Crippen LogP contribution in [0.25, 0.3) is 22.3 Å². The van der Waals surface area contributed by atoms with Crippen molar-refractivity contribution in [3.05, 3.63) is 81.1 Å². The van der Waals surface area contributed by atoms with Gasteiger partial charge in [-0.15, -0.1) is 0 Å². The maximum atomic E-state index is 13.3. The zero-order valence-electron chi connectivity index (χ0n) is 16.7. The fraction of sp³-hybridized carbons (Fsp3) is 0.0870. The number of phenols is 1. The van der Waals surface area contributed by atoms with E-state index in [0.717, 1.165) is 10.0 Å². The molecule has 0 fully saturated rings. The molecule has 0 bridgehead atoms. The number of ether oxygens (including phenoxy) is 2. The predicted molar refractivity (Wildman–Crippen MR) is 123 cm³/mol. The molecule has 0 saturated carbocycles. The van der Waals surface area contributed by atoms with E-state index < -0.39 is 0 Å². The molecular formula is C23H18BrN3O4. The van der Waals surface area contributed by atoms with Gasteiger partial charge in [0.25, 0.3) is 5.56 Å². The zero-order chi connectivity index (χ0) is 22.0. The number of hydrogen-bond acceptors (Lipinski definition) is 6. The third-order valence-corrected chi connectivity index (χ3v) is 5.16. The summed E-state index contributed by atoms with van der Waals surface area (Å²) in [6.45, 7) is 0. The molecule has 7 nitrogen and oxygen atoms in total. The van der Waals surface area contributed by atoms with E-state index in [4.69, 9.17) is 14.5 Å². The number of halogens is 1. The third-order valence-electron chi connectivity index (χ3n) is 4.67. The van der Waals surface area contributed by atoms with Crippen LogP contribution in [-0.4, -0.2) is 35.2 Å². The van der Waals surface area contributed by atoms with E-state index in [-0.39, 0.29) is 11.3 Å². The van der Waals surface area contributed by atoms with Crippen LogP contribution in [0.5, 0.6) is 17.2 Å². The normalized spacial score (nSPS) is 11.2. The molecule has 0 aliphatic carbocycles. The van der Waals surface area contributed by atoms with Gasteiger partial charge in [-0.1, -0.05) is 15.9 Å². The minimum absolute atomic E-state index is 0.151. The Hall–Kier alpha value is -3.65. The molecule has 31 heavy (non-hydrogen) atoms. The molecule has 0 aliphatic rings. The van der Waals surface area contributed by atoms with Gasteiger partial charge in [-0.25, -0.2) is 4.98 Å². The lowest BCUT2D eigenvalue weighted by Gasteiger charge is -2.12. The van der Waals surface area contributed by atoms with Crippen LogP contribution in [0.3, 0.4) is 0 Å². The highest BCUT2D eigenvalue weighted by atomic mass is 79.9. The van der Waals surface area contributed by atoms with Crippen molar-refractivity contribution in [1.29, 1.82) is 0 Å². The van der Waals surface area contributed by atoms with E-state index in [0.29, 0.717) is 33.8 Å². The van der Waals surface area contributed by atoms with Crippen molar-refractivity contribution in [1.82, 2.24) is 9.66 Å². The summed E-state index contributed by atoms with van der Waals surface area (Å²) < 4.78 is 12.7. The first-order chi connectivity index (χ1) is 15.0. The van der Waals surface area contributed by atoms with Gasteiger partial charge in [0.1, 0.15) is 5.75 Å². The smallest absolute Gasteiger partial charge is 0.282 e. The second-order valence-corrected chi connectivity index (χ2v) is 7.54. The van der Waals surface area contributed by atoms with Gasteiger partial charge in [0.15, 0.2) is 17.3 Å². The molecule has 156 valence electrons. The number of benzene rings is 3. The largest absolute Gasteiger partial charge is 0.508 e. The molecule has 1 heterocycles. The van der Waals surface area contributed by atoms with Crippen molar-refractivity contribution in [2.75, 3.05) is 14.2 Å². The lowest BCUT2D eigenvalue weighted by Crippen LogP contribution is -2.20. The maximum absolute atomic E-state index is 13.3. The molecule has 0 aliphatic heterocycles. The molecule has 0 unspecified atom stereocenters. The van der Waals surface area contributed by atoms with Crippen LogP contribution < -0.4 is 15.0 Å². The summed E-state index contributed by atoms with van der Waals surface area (Å²) in [6.07, 6.45) is 1.54. The van der Waals surface area contributed by atoms with E-state index >= 15 is 0 Å². The molecule has 0 radical (unpaired) electrons. The average molecular weight is 480 g/mol. The molecule has 8 heteroatoms. The number of phenolic OH excluding ortho intramolecular Hbond substituents is 1. The van der Waals surface area contributed by atoms with Gasteiger partial charge < -0.3 is 14.6 Å².